The van der Waals surface area contributed by atoms with Crippen molar-refractivity contribution in [3.8, 4) is 0 Å². The van der Waals surface area contributed by atoms with Gasteiger partial charge >= 0.3 is 14.4 Å². The molecule has 1 fully saturated rings. The van der Waals surface area contributed by atoms with Crippen LogP contribution in [0.2, 0.25) is 0 Å². The van der Waals surface area contributed by atoms with Crippen molar-refractivity contribution < 1.29 is 24.3 Å². The molecule has 0 spiro atoms. The Morgan fingerprint density at radius 1 is 1.19 bits per heavy atom. The Bertz CT molecular complexity index is 792. The zero-order chi connectivity index (χ0) is 19.3. The van der Waals surface area contributed by atoms with E-state index in [4.69, 9.17) is 4.74 Å². The number of nitrogens with one attached hydrogen (secondary N) is 1. The summed E-state index contributed by atoms with van der Waals surface area (Å²) >= 11 is 0. The Morgan fingerprint density at radius 3 is 2.52 bits per heavy atom. The normalized spacial score (nSPS) is 22.3. The van der Waals surface area contributed by atoms with Crippen molar-refractivity contribution in [1.29, 1.82) is 0 Å². The maximum Gasteiger partial charge on any atom is 0.362 e. The highest BCUT2D eigenvalue weighted by Gasteiger charge is 2.47. The SMILES string of the molecule is O=[PH+]C(O)(Cc1ccccc1)[C@H]1CN[C@H](Cc2ccccc2C(=O)O)CO1. The maximum atomic E-state index is 11.8. The second-order valence-corrected chi connectivity index (χ2v) is 7.85. The van der Waals surface area contributed by atoms with Crippen LogP contribution in [0, 0.1) is 0 Å². The van der Waals surface area contributed by atoms with E-state index in [0.717, 1.165) is 11.1 Å². The second-order valence-electron chi connectivity index (χ2n) is 6.78. The molecule has 7 heteroatoms. The van der Waals surface area contributed by atoms with Gasteiger partial charge in [0.2, 0.25) is 0 Å². The molecular weight excluding hydrogens is 365 g/mol. The number of aliphatic hydroxyl groups is 1. The molecule has 1 aliphatic rings. The second kappa shape index (κ2) is 8.72. The Morgan fingerprint density at radius 2 is 1.89 bits per heavy atom. The Balaban J connectivity index is 1.62. The van der Waals surface area contributed by atoms with Crippen LogP contribution >= 0.6 is 8.46 Å². The Labute approximate surface area is 159 Å². The van der Waals surface area contributed by atoms with Crippen molar-refractivity contribution in [2.24, 2.45) is 0 Å². The minimum absolute atomic E-state index is 0.0716. The van der Waals surface area contributed by atoms with Crippen LogP contribution in [0.25, 0.3) is 0 Å². The zero-order valence-corrected chi connectivity index (χ0v) is 15.8. The van der Waals surface area contributed by atoms with Gasteiger partial charge in [-0.3, -0.25) is 0 Å². The first-order valence-electron chi connectivity index (χ1n) is 8.83. The molecule has 0 radical (unpaired) electrons. The van der Waals surface area contributed by atoms with Crippen molar-refractivity contribution in [2.75, 3.05) is 13.2 Å². The zero-order valence-electron chi connectivity index (χ0n) is 14.8. The average Bonchev–Trinajstić information content (AvgIpc) is 2.69. The van der Waals surface area contributed by atoms with Crippen LogP contribution in [0.1, 0.15) is 21.5 Å². The lowest BCUT2D eigenvalue weighted by Crippen LogP contribution is -2.55. The molecule has 1 aliphatic heterocycles. The van der Waals surface area contributed by atoms with Gasteiger partial charge in [0.05, 0.1) is 18.6 Å². The van der Waals surface area contributed by atoms with E-state index < -0.39 is 25.9 Å². The standard InChI is InChI=1S/C20H22NO5P/c22-19(23)17-9-5-4-8-15(17)10-16-13-26-18(12-21-16)20(24,27-25)11-14-6-2-1-3-7-14/h1-9,16,18,21,24H,10-13H2,(H,22,23)/p+1/t16-,18-,20?/m1/s1. The summed E-state index contributed by atoms with van der Waals surface area (Å²) in [5.41, 5.74) is 1.90. The van der Waals surface area contributed by atoms with Gasteiger partial charge in [-0.1, -0.05) is 53.1 Å². The summed E-state index contributed by atoms with van der Waals surface area (Å²) in [6, 6.07) is 16.2. The summed E-state index contributed by atoms with van der Waals surface area (Å²) in [6.07, 6.45) is 0.153. The van der Waals surface area contributed by atoms with Crippen molar-refractivity contribution in [2.45, 2.75) is 30.3 Å². The molecule has 27 heavy (non-hydrogen) atoms. The molecule has 6 nitrogen and oxygen atoms in total. The van der Waals surface area contributed by atoms with Gasteiger partial charge in [0.1, 0.15) is 6.10 Å². The minimum Gasteiger partial charge on any atom is -0.478 e. The van der Waals surface area contributed by atoms with Crippen LogP contribution in [-0.2, 0) is 22.1 Å². The lowest BCUT2D eigenvalue weighted by molar-refractivity contribution is -0.0845. The summed E-state index contributed by atoms with van der Waals surface area (Å²) in [5.74, 6) is -0.954. The van der Waals surface area contributed by atoms with Gasteiger partial charge in [0.25, 0.3) is 5.34 Å². The predicted molar refractivity (Wildman–Crippen MR) is 103 cm³/mol. The van der Waals surface area contributed by atoms with E-state index in [1.54, 1.807) is 18.2 Å². The topological polar surface area (TPSA) is 95.9 Å². The van der Waals surface area contributed by atoms with Gasteiger partial charge in [-0.05, 0) is 23.6 Å². The van der Waals surface area contributed by atoms with Gasteiger partial charge in [-0.2, -0.15) is 0 Å². The van der Waals surface area contributed by atoms with Gasteiger partial charge < -0.3 is 20.3 Å². The van der Waals surface area contributed by atoms with E-state index in [2.05, 4.69) is 5.32 Å². The van der Waals surface area contributed by atoms with Crippen molar-refractivity contribution in [3.63, 3.8) is 0 Å². The lowest BCUT2D eigenvalue weighted by Gasteiger charge is -2.34. The molecule has 1 saturated heterocycles. The first-order valence-corrected chi connectivity index (χ1v) is 9.74. The summed E-state index contributed by atoms with van der Waals surface area (Å²) < 4.78 is 17.6. The molecule has 0 amide bonds. The van der Waals surface area contributed by atoms with Crippen LogP contribution in [0.15, 0.2) is 54.6 Å². The van der Waals surface area contributed by atoms with E-state index in [0.29, 0.717) is 19.6 Å². The highest BCUT2D eigenvalue weighted by Crippen LogP contribution is 2.32. The van der Waals surface area contributed by atoms with E-state index in [1.165, 1.54) is 0 Å². The highest BCUT2D eigenvalue weighted by atomic mass is 31.1. The summed E-state index contributed by atoms with van der Waals surface area (Å²) in [4.78, 5) is 11.3. The molecular formula is C20H23NO5P+. The Hall–Kier alpha value is -2.11. The first kappa shape index (κ1) is 19.6. The number of carbonyl (C=O) groups is 1. The summed E-state index contributed by atoms with van der Waals surface area (Å²) in [5, 5.41) is 22.0. The number of hydrogen-bond donors (Lipinski definition) is 3. The van der Waals surface area contributed by atoms with Gasteiger partial charge in [-0.25, -0.2) is 4.79 Å². The number of rotatable bonds is 7. The summed E-state index contributed by atoms with van der Waals surface area (Å²) in [7, 11) is -0.919. The van der Waals surface area contributed by atoms with Gasteiger partial charge in [0, 0.05) is 12.6 Å². The number of carboxylic acids is 1. The fourth-order valence-electron chi connectivity index (χ4n) is 3.36. The maximum absolute atomic E-state index is 11.8. The van der Waals surface area contributed by atoms with Crippen molar-refractivity contribution in [3.05, 3.63) is 71.3 Å². The molecule has 1 heterocycles. The van der Waals surface area contributed by atoms with Crippen LogP contribution < -0.4 is 5.32 Å². The Kier molecular flexibility index (Phi) is 6.34. The predicted octanol–water partition coefficient (Wildman–Crippen LogP) is 2.24. The molecule has 4 atom stereocenters. The van der Waals surface area contributed by atoms with E-state index in [-0.39, 0.29) is 18.0 Å². The minimum atomic E-state index is -1.46. The highest BCUT2D eigenvalue weighted by molar-refractivity contribution is 7.25. The third-order valence-corrected chi connectivity index (χ3v) is 5.68. The third-order valence-electron chi connectivity index (χ3n) is 4.83. The number of carboxylic acid groups (broad SMARTS) is 1. The monoisotopic (exact) mass is 388 g/mol. The molecule has 0 aliphatic carbocycles. The average molecular weight is 388 g/mol. The van der Waals surface area contributed by atoms with E-state index >= 15 is 0 Å². The van der Waals surface area contributed by atoms with Crippen LogP contribution in [0.4, 0.5) is 0 Å². The number of benzene rings is 2. The van der Waals surface area contributed by atoms with Crippen LogP contribution in [0.5, 0.6) is 0 Å². The smallest absolute Gasteiger partial charge is 0.362 e. The number of hydrogen-bond acceptors (Lipinski definition) is 5. The van der Waals surface area contributed by atoms with Gasteiger partial charge in [-0.15, -0.1) is 0 Å². The molecule has 0 bridgehead atoms. The lowest BCUT2D eigenvalue weighted by atomic mass is 9.98. The summed E-state index contributed by atoms with van der Waals surface area (Å²) in [6.45, 7) is 0.651. The molecule has 142 valence electrons. The molecule has 0 aromatic heterocycles. The molecule has 3 rings (SSSR count). The first-order chi connectivity index (χ1) is 13.0. The molecule has 2 unspecified atom stereocenters. The number of morpholine rings is 1. The number of ether oxygens (including phenoxy) is 1. The largest absolute Gasteiger partial charge is 0.478 e. The molecule has 0 saturated carbocycles. The molecule has 2 aromatic rings. The fraction of sp³-hybridized carbons (Fsp3) is 0.350. The van der Waals surface area contributed by atoms with E-state index in [9.17, 15) is 19.6 Å². The number of aromatic carboxylic acids is 1. The quantitative estimate of drug-likeness (QED) is 0.630. The fourth-order valence-corrected chi connectivity index (χ4v) is 3.95. The van der Waals surface area contributed by atoms with Crippen molar-refractivity contribution >= 4 is 14.4 Å². The third kappa shape index (κ3) is 4.79. The molecule has 3 N–H and O–H groups in total. The van der Waals surface area contributed by atoms with Gasteiger partial charge in [0.15, 0.2) is 0 Å². The molecule has 2 aromatic carbocycles. The van der Waals surface area contributed by atoms with Crippen molar-refractivity contribution in [1.82, 2.24) is 5.32 Å². The van der Waals surface area contributed by atoms with Crippen LogP contribution in [0.3, 0.4) is 0 Å². The van der Waals surface area contributed by atoms with Crippen LogP contribution in [-0.4, -0.2) is 46.8 Å². The van der Waals surface area contributed by atoms with E-state index in [1.807, 2.05) is 36.4 Å².